The van der Waals surface area contributed by atoms with Gasteiger partial charge in [-0.05, 0) is 12.0 Å². The van der Waals surface area contributed by atoms with Crippen molar-refractivity contribution in [2.45, 2.75) is 12.6 Å². The van der Waals surface area contributed by atoms with E-state index in [4.69, 9.17) is 0 Å². The van der Waals surface area contributed by atoms with E-state index >= 15 is 0 Å². The van der Waals surface area contributed by atoms with Crippen molar-refractivity contribution in [1.82, 2.24) is 9.80 Å². The molecule has 0 spiro atoms. The van der Waals surface area contributed by atoms with E-state index in [0.29, 0.717) is 16.7 Å². The van der Waals surface area contributed by atoms with E-state index in [2.05, 4.69) is 0 Å². The predicted octanol–water partition coefficient (Wildman–Crippen LogP) is -0.505. The van der Waals surface area contributed by atoms with Gasteiger partial charge in [0.15, 0.2) is 5.78 Å². The molecule has 9 heteroatoms. The van der Waals surface area contributed by atoms with Gasteiger partial charge in [-0.15, -0.1) is 0 Å². The highest BCUT2D eigenvalue weighted by Crippen LogP contribution is 2.20. The van der Waals surface area contributed by atoms with E-state index in [9.17, 15) is 35.1 Å². The molecule has 0 aliphatic rings. The van der Waals surface area contributed by atoms with Gasteiger partial charge in [0.2, 0.25) is 5.91 Å². The van der Waals surface area contributed by atoms with Crippen LogP contribution < -0.4 is 0 Å². The number of carbonyl (C=O) groups excluding carboxylic acids is 2. The number of amides is 1. The van der Waals surface area contributed by atoms with Crippen LogP contribution in [0.5, 0.6) is 0 Å². The lowest BCUT2D eigenvalue weighted by atomic mass is 9.93. The van der Waals surface area contributed by atoms with Crippen LogP contribution in [0, 0.1) is 5.92 Å². The molecule has 0 bridgehead atoms. The summed E-state index contributed by atoms with van der Waals surface area (Å²) in [5, 5.41) is 48.4. The third-order valence-electron chi connectivity index (χ3n) is 5.58. The Hall–Kier alpha value is -2.66. The quantitative estimate of drug-likeness (QED) is 0.172. The van der Waals surface area contributed by atoms with Gasteiger partial charge in [-0.1, -0.05) is 54.6 Å². The maximum atomic E-state index is 13.3. The molecule has 2 aromatic carbocycles. The van der Waals surface area contributed by atoms with Crippen molar-refractivity contribution in [2.24, 2.45) is 5.92 Å². The fourth-order valence-corrected chi connectivity index (χ4v) is 3.82. The largest absolute Gasteiger partial charge is 0.395 e. The maximum absolute atomic E-state index is 13.3. The van der Waals surface area contributed by atoms with E-state index in [1.165, 1.54) is 9.80 Å². The van der Waals surface area contributed by atoms with Crippen LogP contribution in [0.15, 0.2) is 54.6 Å². The minimum Gasteiger partial charge on any atom is -0.395 e. The second-order valence-electron chi connectivity index (χ2n) is 7.87. The van der Waals surface area contributed by atoms with Gasteiger partial charge < -0.3 is 30.4 Å². The predicted molar refractivity (Wildman–Crippen MR) is 126 cm³/mol. The molecule has 9 nitrogen and oxygen atoms in total. The molecule has 0 fully saturated rings. The molecule has 0 radical (unpaired) electrons. The molecule has 5 N–H and O–H groups in total. The Morgan fingerprint density at radius 1 is 0.706 bits per heavy atom. The van der Waals surface area contributed by atoms with Crippen molar-refractivity contribution in [2.75, 3.05) is 52.6 Å². The molecule has 0 saturated heterocycles. The molecule has 1 amide bonds. The minimum absolute atomic E-state index is 0.00682. The number of benzene rings is 2. The fourth-order valence-electron chi connectivity index (χ4n) is 3.82. The average molecular weight is 475 g/mol. The number of rotatable bonds is 15. The minimum atomic E-state index is -1.32. The molecule has 0 aromatic heterocycles. The summed E-state index contributed by atoms with van der Waals surface area (Å²) < 4.78 is 0. The SMILES string of the molecule is O=C(c1ccccc1)c1ccc(CC(C(=O)N(CCO)CCO)C(O)N(CCO)CCO)cc1. The van der Waals surface area contributed by atoms with Crippen LogP contribution >= 0.6 is 0 Å². The zero-order valence-corrected chi connectivity index (χ0v) is 19.2. The maximum Gasteiger partial charge on any atom is 0.230 e. The molecule has 186 valence electrons. The van der Waals surface area contributed by atoms with Crippen molar-refractivity contribution in [3.05, 3.63) is 71.3 Å². The van der Waals surface area contributed by atoms with Gasteiger partial charge in [0.05, 0.1) is 32.3 Å². The van der Waals surface area contributed by atoms with E-state index in [0.717, 1.165) is 0 Å². The van der Waals surface area contributed by atoms with Crippen LogP contribution in [-0.2, 0) is 11.2 Å². The van der Waals surface area contributed by atoms with Crippen LogP contribution in [0.1, 0.15) is 21.5 Å². The van der Waals surface area contributed by atoms with Crippen LogP contribution in [0.3, 0.4) is 0 Å². The molecule has 0 heterocycles. The fraction of sp³-hybridized carbons (Fsp3) is 0.440. The summed E-state index contributed by atoms with van der Waals surface area (Å²) in [6.07, 6.45) is -1.21. The summed E-state index contributed by atoms with van der Waals surface area (Å²) in [5.74, 6) is -1.60. The number of hydrogen-bond donors (Lipinski definition) is 5. The standard InChI is InChI=1S/C25H34N2O7/c28-14-10-26(11-15-29)24(33)22(25(34)27(12-16-30)13-17-31)18-19-6-8-21(9-7-19)23(32)20-4-2-1-3-5-20/h1-9,22,24,28-31,33H,10-18H2. The van der Waals surface area contributed by atoms with Crippen LogP contribution in [-0.4, -0.2) is 106 Å². The van der Waals surface area contributed by atoms with Gasteiger partial charge >= 0.3 is 0 Å². The molecule has 2 atom stereocenters. The lowest BCUT2D eigenvalue weighted by Crippen LogP contribution is -2.51. The number of hydrogen-bond acceptors (Lipinski definition) is 8. The van der Waals surface area contributed by atoms with Gasteiger partial charge in [-0.3, -0.25) is 14.5 Å². The molecular formula is C25H34N2O7. The lowest BCUT2D eigenvalue weighted by molar-refractivity contribution is -0.147. The van der Waals surface area contributed by atoms with Gasteiger partial charge in [0, 0.05) is 37.3 Å². The van der Waals surface area contributed by atoms with Crippen LogP contribution in [0.25, 0.3) is 0 Å². The summed E-state index contributed by atoms with van der Waals surface area (Å²) in [7, 11) is 0. The number of aliphatic hydroxyl groups is 5. The number of aliphatic hydroxyl groups excluding tert-OH is 5. The molecule has 2 aromatic rings. The highest BCUT2D eigenvalue weighted by Gasteiger charge is 2.34. The molecule has 2 rings (SSSR count). The zero-order chi connectivity index (χ0) is 24.9. The van der Waals surface area contributed by atoms with Crippen LogP contribution in [0.4, 0.5) is 0 Å². The van der Waals surface area contributed by atoms with Crippen LogP contribution in [0.2, 0.25) is 0 Å². The first-order chi connectivity index (χ1) is 16.5. The number of carbonyl (C=O) groups is 2. The Labute approximate surface area is 199 Å². The van der Waals surface area contributed by atoms with Gasteiger partial charge in [-0.25, -0.2) is 0 Å². The van der Waals surface area contributed by atoms with Gasteiger partial charge in [0.1, 0.15) is 6.23 Å². The van der Waals surface area contributed by atoms with E-state index in [1.54, 1.807) is 48.5 Å². The van der Waals surface area contributed by atoms with Crippen molar-refractivity contribution in [3.8, 4) is 0 Å². The Kier molecular flexibility index (Phi) is 11.8. The van der Waals surface area contributed by atoms with E-state index < -0.39 is 18.1 Å². The number of nitrogens with zero attached hydrogens (tertiary/aromatic N) is 2. The Morgan fingerprint density at radius 3 is 1.71 bits per heavy atom. The molecule has 0 saturated carbocycles. The second-order valence-corrected chi connectivity index (χ2v) is 7.87. The average Bonchev–Trinajstić information content (AvgIpc) is 2.86. The third kappa shape index (κ3) is 7.69. The molecule has 0 aliphatic carbocycles. The highest BCUT2D eigenvalue weighted by molar-refractivity contribution is 6.08. The molecule has 2 unspecified atom stereocenters. The third-order valence-corrected chi connectivity index (χ3v) is 5.58. The molecule has 34 heavy (non-hydrogen) atoms. The van der Waals surface area contributed by atoms with Crippen molar-refractivity contribution in [3.63, 3.8) is 0 Å². The highest BCUT2D eigenvalue weighted by atomic mass is 16.3. The Morgan fingerprint density at radius 2 is 1.21 bits per heavy atom. The first-order valence-corrected chi connectivity index (χ1v) is 11.3. The first kappa shape index (κ1) is 27.6. The smallest absolute Gasteiger partial charge is 0.230 e. The Balaban J connectivity index is 2.29. The van der Waals surface area contributed by atoms with Crippen molar-refractivity contribution in [1.29, 1.82) is 0 Å². The van der Waals surface area contributed by atoms with Crippen molar-refractivity contribution < 1.29 is 35.1 Å². The van der Waals surface area contributed by atoms with E-state index in [1.807, 2.05) is 6.07 Å². The lowest BCUT2D eigenvalue weighted by Gasteiger charge is -2.35. The number of ketones is 1. The zero-order valence-electron chi connectivity index (χ0n) is 19.2. The second kappa shape index (κ2) is 14.6. The van der Waals surface area contributed by atoms with E-state index in [-0.39, 0.29) is 64.8 Å². The summed E-state index contributed by atoms with van der Waals surface area (Å²) in [6.45, 7) is -1.06. The summed E-state index contributed by atoms with van der Waals surface area (Å²) in [5.41, 5.74) is 1.75. The summed E-state index contributed by atoms with van der Waals surface area (Å²) in [6, 6.07) is 15.6. The first-order valence-electron chi connectivity index (χ1n) is 11.3. The topological polar surface area (TPSA) is 142 Å². The summed E-state index contributed by atoms with van der Waals surface area (Å²) in [4.78, 5) is 28.6. The Bertz CT molecular complexity index is 865. The normalized spacial score (nSPS) is 13.0. The summed E-state index contributed by atoms with van der Waals surface area (Å²) >= 11 is 0. The van der Waals surface area contributed by atoms with Gasteiger partial charge in [-0.2, -0.15) is 0 Å². The molecular weight excluding hydrogens is 440 g/mol. The molecule has 0 aliphatic heterocycles. The van der Waals surface area contributed by atoms with Gasteiger partial charge in [0.25, 0.3) is 0 Å². The van der Waals surface area contributed by atoms with Crippen molar-refractivity contribution >= 4 is 11.7 Å². The monoisotopic (exact) mass is 474 g/mol.